The topological polar surface area (TPSA) is 87.6 Å². The van der Waals surface area contributed by atoms with Crippen LogP contribution < -0.4 is 0 Å². The van der Waals surface area contributed by atoms with Crippen LogP contribution in [0.1, 0.15) is 71.9 Å². The van der Waals surface area contributed by atoms with Crippen LogP contribution in [0.4, 0.5) is 0 Å². The number of thiazole rings is 1. The van der Waals surface area contributed by atoms with Gasteiger partial charge in [-0.15, -0.1) is 11.3 Å². The van der Waals surface area contributed by atoms with Crippen molar-refractivity contribution < 1.29 is 19.5 Å². The first-order valence-corrected chi connectivity index (χ1v) is 11.5. The highest BCUT2D eigenvalue weighted by Gasteiger charge is 2.29. The molecule has 0 saturated heterocycles. The number of hydrogen-bond acceptors (Lipinski definition) is 6. The van der Waals surface area contributed by atoms with Crippen molar-refractivity contribution in [3.63, 3.8) is 0 Å². The summed E-state index contributed by atoms with van der Waals surface area (Å²) in [4.78, 5) is 41.2. The van der Waals surface area contributed by atoms with Crippen molar-refractivity contribution in [3.8, 4) is 0 Å². The number of ketones is 1. The van der Waals surface area contributed by atoms with Gasteiger partial charge < -0.3 is 10.0 Å². The zero-order valence-electron chi connectivity index (χ0n) is 17.3. The molecule has 0 aromatic carbocycles. The maximum atomic E-state index is 12.4. The molecule has 1 aromatic rings. The number of Topliss-reactive ketones (excluding diaryl/α,β-unsaturated/α-hetero) is 1. The summed E-state index contributed by atoms with van der Waals surface area (Å²) >= 11 is 2.65. The van der Waals surface area contributed by atoms with E-state index < -0.39 is 10.7 Å². The number of carboxylic acids is 1. The maximum absolute atomic E-state index is 12.4. The van der Waals surface area contributed by atoms with E-state index in [4.69, 9.17) is 0 Å². The minimum Gasteiger partial charge on any atom is -0.480 e. The molecule has 0 aliphatic carbocycles. The summed E-state index contributed by atoms with van der Waals surface area (Å²) in [5, 5.41) is 11.2. The second kappa shape index (κ2) is 12.2. The first-order chi connectivity index (χ1) is 13.2. The molecule has 0 radical (unpaired) electrons. The largest absolute Gasteiger partial charge is 0.480 e. The number of nitrogens with zero attached hydrogens (tertiary/aromatic N) is 2. The Balaban J connectivity index is 2.62. The van der Waals surface area contributed by atoms with E-state index in [-0.39, 0.29) is 18.1 Å². The molecule has 0 fully saturated rings. The van der Waals surface area contributed by atoms with Crippen LogP contribution in [0.3, 0.4) is 0 Å². The highest BCUT2D eigenvalue weighted by atomic mass is 32.2. The van der Waals surface area contributed by atoms with Crippen molar-refractivity contribution in [2.45, 2.75) is 81.7 Å². The normalized spacial score (nSPS) is 11.4. The molecule has 0 atom stereocenters. The molecule has 6 nitrogen and oxygen atoms in total. The van der Waals surface area contributed by atoms with Crippen LogP contribution >= 0.6 is 23.1 Å². The molecular formula is C20H32N2O4S2. The molecule has 8 heteroatoms. The van der Waals surface area contributed by atoms with Gasteiger partial charge in [-0.1, -0.05) is 44.4 Å². The predicted octanol–water partition coefficient (Wildman–Crippen LogP) is 4.42. The third-order valence-electron chi connectivity index (χ3n) is 4.31. The number of unbranched alkanes of at least 4 members (excludes halogenated alkanes) is 4. The van der Waals surface area contributed by atoms with Gasteiger partial charge in [-0.25, -0.2) is 4.98 Å². The molecule has 0 saturated carbocycles. The predicted molar refractivity (Wildman–Crippen MR) is 114 cm³/mol. The van der Waals surface area contributed by atoms with Crippen LogP contribution in [0.25, 0.3) is 0 Å². The molecule has 158 valence electrons. The minimum atomic E-state index is -0.933. The van der Waals surface area contributed by atoms with Crippen LogP contribution in [-0.2, 0) is 20.8 Å². The number of amides is 1. The molecule has 1 heterocycles. The summed E-state index contributed by atoms with van der Waals surface area (Å²) in [5.74, 6) is -1.12. The summed E-state index contributed by atoms with van der Waals surface area (Å²) < 4.78 is -0.222. The molecule has 1 amide bonds. The number of carbonyl (C=O) groups is 3. The number of thioether (sulfide) groups is 1. The molecule has 1 N–H and O–H groups in total. The fourth-order valence-electron chi connectivity index (χ4n) is 2.55. The van der Waals surface area contributed by atoms with Crippen LogP contribution in [0.5, 0.6) is 0 Å². The molecule has 0 bridgehead atoms. The van der Waals surface area contributed by atoms with Gasteiger partial charge in [0.25, 0.3) is 0 Å². The monoisotopic (exact) mass is 428 g/mol. The molecule has 0 unspecified atom stereocenters. The molecule has 1 rings (SSSR count). The highest BCUT2D eigenvalue weighted by molar-refractivity contribution is 8.02. The summed E-state index contributed by atoms with van der Waals surface area (Å²) in [5.41, 5.74) is 0.847. The smallest absolute Gasteiger partial charge is 0.319 e. The van der Waals surface area contributed by atoms with Crippen LogP contribution in [0.2, 0.25) is 0 Å². The van der Waals surface area contributed by atoms with Gasteiger partial charge in [-0.05, 0) is 27.2 Å². The van der Waals surface area contributed by atoms with Crippen molar-refractivity contribution in [1.82, 2.24) is 9.88 Å². The number of carboxylic acid groups (broad SMARTS) is 1. The Morgan fingerprint density at radius 1 is 1.18 bits per heavy atom. The van der Waals surface area contributed by atoms with Crippen molar-refractivity contribution >= 4 is 40.8 Å². The average molecular weight is 429 g/mol. The molecule has 0 aliphatic rings. The van der Waals surface area contributed by atoms with Crippen LogP contribution in [0.15, 0.2) is 9.72 Å². The Hall–Kier alpha value is -1.41. The Kier molecular flexibility index (Phi) is 10.7. The van der Waals surface area contributed by atoms with Crippen molar-refractivity contribution in [3.05, 3.63) is 11.1 Å². The van der Waals surface area contributed by atoms with Crippen molar-refractivity contribution in [1.29, 1.82) is 0 Å². The number of hydrogen-bond donors (Lipinski definition) is 1. The van der Waals surface area contributed by atoms with Gasteiger partial charge in [-0.3, -0.25) is 14.4 Å². The Bertz CT molecular complexity index is 658. The fourth-order valence-corrected chi connectivity index (χ4v) is 4.78. The third-order valence-corrected chi connectivity index (χ3v) is 6.48. The number of aromatic nitrogens is 1. The Morgan fingerprint density at radius 3 is 2.46 bits per heavy atom. The van der Waals surface area contributed by atoms with Gasteiger partial charge in [0.2, 0.25) is 5.91 Å². The second-order valence-corrected chi connectivity index (χ2v) is 10.2. The van der Waals surface area contributed by atoms with Gasteiger partial charge >= 0.3 is 5.97 Å². The molecule has 0 spiro atoms. The summed E-state index contributed by atoms with van der Waals surface area (Å²) in [7, 11) is 0. The van der Waals surface area contributed by atoms with Crippen LogP contribution in [0, 0.1) is 0 Å². The average Bonchev–Trinajstić information content (AvgIpc) is 3.03. The molecule has 28 heavy (non-hydrogen) atoms. The van der Waals surface area contributed by atoms with E-state index in [0.29, 0.717) is 23.8 Å². The quantitative estimate of drug-likeness (QED) is 0.268. The van der Waals surface area contributed by atoms with E-state index in [1.807, 2.05) is 5.38 Å². The standard InChI is InChI=1S/C20H32N2O4S2/c1-5-6-7-8-9-11-22(17(24)13-15(2)23)12-10-16-14-27-19(21-16)28-20(3,4)18(25)26/h14H,5-13H2,1-4H3,(H,25,26). The number of aliphatic carboxylic acids is 1. The van der Waals surface area contributed by atoms with Gasteiger partial charge in [0.1, 0.15) is 10.5 Å². The molecular weight excluding hydrogens is 396 g/mol. The van der Waals surface area contributed by atoms with E-state index in [1.165, 1.54) is 42.9 Å². The van der Waals surface area contributed by atoms with Crippen LogP contribution in [-0.4, -0.2) is 50.5 Å². The van der Waals surface area contributed by atoms with Crippen molar-refractivity contribution in [2.24, 2.45) is 0 Å². The Labute approximate surface area is 176 Å². The van der Waals surface area contributed by atoms with E-state index in [9.17, 15) is 19.5 Å². The lowest BCUT2D eigenvalue weighted by Gasteiger charge is -2.22. The zero-order valence-corrected chi connectivity index (χ0v) is 19.0. The second-order valence-electron chi connectivity index (χ2n) is 7.45. The summed E-state index contributed by atoms with van der Waals surface area (Å²) in [6, 6.07) is 0. The molecule has 1 aromatic heterocycles. The SMILES string of the molecule is CCCCCCCN(CCc1csc(SC(C)(C)C(=O)O)n1)C(=O)CC(C)=O. The van der Waals surface area contributed by atoms with E-state index in [0.717, 1.165) is 25.0 Å². The van der Waals surface area contributed by atoms with Crippen molar-refractivity contribution in [2.75, 3.05) is 13.1 Å². The summed E-state index contributed by atoms with van der Waals surface area (Å²) in [6.07, 6.45) is 6.11. The highest BCUT2D eigenvalue weighted by Crippen LogP contribution is 2.34. The van der Waals surface area contributed by atoms with E-state index >= 15 is 0 Å². The zero-order chi connectivity index (χ0) is 21.2. The summed E-state index contributed by atoms with van der Waals surface area (Å²) in [6.45, 7) is 8.10. The lowest BCUT2D eigenvalue weighted by atomic mass is 10.1. The first-order valence-electron chi connectivity index (χ1n) is 9.79. The van der Waals surface area contributed by atoms with Gasteiger partial charge in [0, 0.05) is 24.9 Å². The maximum Gasteiger partial charge on any atom is 0.319 e. The van der Waals surface area contributed by atoms with Gasteiger partial charge in [-0.2, -0.15) is 0 Å². The fraction of sp³-hybridized carbons (Fsp3) is 0.700. The minimum absolute atomic E-state index is 0.0556. The first kappa shape index (κ1) is 24.6. The third kappa shape index (κ3) is 9.19. The Morgan fingerprint density at radius 2 is 1.86 bits per heavy atom. The lowest BCUT2D eigenvalue weighted by molar-refractivity contribution is -0.139. The molecule has 0 aliphatic heterocycles. The lowest BCUT2D eigenvalue weighted by Crippen LogP contribution is -2.34. The number of carbonyl (C=O) groups excluding carboxylic acids is 2. The van der Waals surface area contributed by atoms with Gasteiger partial charge in [0.15, 0.2) is 4.34 Å². The number of rotatable bonds is 14. The van der Waals surface area contributed by atoms with Gasteiger partial charge in [0.05, 0.1) is 12.1 Å². The van der Waals surface area contributed by atoms with E-state index in [1.54, 1.807) is 18.7 Å². The van der Waals surface area contributed by atoms with E-state index in [2.05, 4.69) is 11.9 Å².